The van der Waals surface area contributed by atoms with Gasteiger partial charge in [0.2, 0.25) is 0 Å². The Morgan fingerprint density at radius 2 is 0.755 bits per heavy atom. The molecule has 454 valence electrons. The largest absolute Gasteiger partial charge is 0.313 e. The van der Waals surface area contributed by atoms with Crippen molar-refractivity contribution in [2.24, 2.45) is 0 Å². The first-order valence-corrected chi connectivity index (χ1v) is 32.5. The van der Waals surface area contributed by atoms with Crippen molar-refractivity contribution >= 4 is 84.7 Å². The van der Waals surface area contributed by atoms with Crippen LogP contribution in [0, 0.1) is 17.9 Å². The van der Waals surface area contributed by atoms with Crippen LogP contribution in [0.1, 0.15) is 5.56 Å². The number of aromatic nitrogens is 7. The van der Waals surface area contributed by atoms with Gasteiger partial charge in [0.25, 0.3) is 6.71 Å². The number of nitrogens with zero attached hydrogens (tertiary/aromatic N) is 11. The molecule has 2 aliphatic heterocycles. The van der Waals surface area contributed by atoms with E-state index in [0.29, 0.717) is 46.2 Å². The van der Waals surface area contributed by atoms with E-state index in [1.165, 1.54) is 0 Å². The van der Waals surface area contributed by atoms with Gasteiger partial charge in [0.05, 0.1) is 34.9 Å². The zero-order valence-corrected chi connectivity index (χ0v) is 52.5. The molecule has 0 unspecified atom stereocenters. The fraction of sp³-hybridized carbons (Fsp3) is 0. The molecule has 16 aromatic rings. The van der Waals surface area contributed by atoms with Crippen molar-refractivity contribution in [3.05, 3.63) is 332 Å². The monoisotopic (exact) mass is 1250 g/mol. The molecule has 13 aromatic carbocycles. The minimum atomic E-state index is -0.231. The molecule has 0 saturated carbocycles. The quantitative estimate of drug-likeness (QED) is 0.0922. The Labute approximate surface area is 565 Å². The molecular formula is C86H52BN11. The molecule has 0 radical (unpaired) electrons. The van der Waals surface area contributed by atoms with E-state index in [-0.39, 0.29) is 6.71 Å². The lowest BCUT2D eigenvalue weighted by molar-refractivity contribution is 1.06. The highest BCUT2D eigenvalue weighted by molar-refractivity contribution is 7.00. The van der Waals surface area contributed by atoms with Gasteiger partial charge in [-0.3, -0.25) is 0 Å². The van der Waals surface area contributed by atoms with Gasteiger partial charge >= 0.3 is 0 Å². The topological polar surface area (TPSA) is 117 Å². The summed E-state index contributed by atoms with van der Waals surface area (Å²) in [6, 6.07) is 111. The van der Waals surface area contributed by atoms with Crippen molar-refractivity contribution in [2.75, 3.05) is 9.80 Å². The Balaban J connectivity index is 0.908. The van der Waals surface area contributed by atoms with Gasteiger partial charge in [0.15, 0.2) is 40.6 Å². The summed E-state index contributed by atoms with van der Waals surface area (Å²) in [5, 5.41) is 12.6. The van der Waals surface area contributed by atoms with E-state index in [0.717, 1.165) is 134 Å². The van der Waals surface area contributed by atoms with Crippen LogP contribution in [0.25, 0.3) is 123 Å². The predicted octanol–water partition coefficient (Wildman–Crippen LogP) is 19.0. The number of rotatable bonds is 11. The number of hydrogen-bond acceptors (Lipinski definition) is 9. The van der Waals surface area contributed by atoms with Crippen LogP contribution < -0.4 is 26.2 Å². The summed E-state index contributed by atoms with van der Waals surface area (Å²) in [6.45, 7) is 8.05. The van der Waals surface area contributed by atoms with Crippen molar-refractivity contribution < 1.29 is 0 Å². The molecule has 18 rings (SSSR count). The average molecular weight is 1250 g/mol. The summed E-state index contributed by atoms with van der Waals surface area (Å²) >= 11 is 0. The van der Waals surface area contributed by atoms with Gasteiger partial charge in [-0.15, -0.1) is 0 Å². The van der Waals surface area contributed by atoms with E-state index in [2.05, 4.69) is 177 Å². The molecule has 11 nitrogen and oxygen atoms in total. The van der Waals surface area contributed by atoms with Crippen LogP contribution in [-0.2, 0) is 0 Å². The van der Waals surface area contributed by atoms with E-state index in [1.54, 1.807) is 0 Å². The number of hydrogen-bond donors (Lipinski definition) is 0. The number of para-hydroxylation sites is 2. The zero-order chi connectivity index (χ0) is 65.2. The first-order chi connectivity index (χ1) is 48.5. The lowest BCUT2D eigenvalue weighted by Crippen LogP contribution is -2.61. The van der Waals surface area contributed by atoms with E-state index < -0.39 is 0 Å². The molecule has 0 atom stereocenters. The van der Waals surface area contributed by atoms with E-state index in [1.807, 2.05) is 164 Å². The van der Waals surface area contributed by atoms with Crippen LogP contribution in [0.3, 0.4) is 0 Å². The lowest BCUT2D eigenvalue weighted by atomic mass is 9.33. The normalized spacial score (nSPS) is 12.0. The van der Waals surface area contributed by atoms with Crippen molar-refractivity contribution in [1.29, 1.82) is 5.26 Å². The number of nitriles is 1. The molecule has 12 heteroatoms. The number of fused-ring (bicyclic) bond motifs is 7. The first kappa shape index (κ1) is 57.0. The smallest absolute Gasteiger partial charge is 0.251 e. The Kier molecular flexibility index (Phi) is 13.8. The maximum atomic E-state index is 10.6. The highest BCUT2D eigenvalue weighted by atomic mass is 15.2. The lowest BCUT2D eigenvalue weighted by Gasteiger charge is -2.44. The van der Waals surface area contributed by atoms with E-state index in [9.17, 15) is 5.26 Å². The summed E-state index contributed by atoms with van der Waals surface area (Å²) in [7, 11) is 0. The average Bonchev–Trinajstić information content (AvgIpc) is 0.740. The maximum Gasteiger partial charge on any atom is 0.251 e. The first-order valence-electron chi connectivity index (χ1n) is 32.5. The fourth-order valence-corrected chi connectivity index (χ4v) is 14.2. The molecule has 0 aliphatic carbocycles. The van der Waals surface area contributed by atoms with Gasteiger partial charge in [0, 0.05) is 78.3 Å². The molecule has 0 spiro atoms. The van der Waals surface area contributed by atoms with Gasteiger partial charge in [0.1, 0.15) is 0 Å². The van der Waals surface area contributed by atoms with Crippen LogP contribution in [0.15, 0.2) is 315 Å². The third-order valence-corrected chi connectivity index (χ3v) is 18.7. The van der Waals surface area contributed by atoms with Crippen molar-refractivity contribution in [1.82, 2.24) is 34.5 Å². The Morgan fingerprint density at radius 3 is 1.27 bits per heavy atom. The summed E-state index contributed by atoms with van der Waals surface area (Å²) in [5.74, 6) is 3.09. The minimum Gasteiger partial charge on any atom is -0.313 e. The van der Waals surface area contributed by atoms with Crippen LogP contribution in [0.4, 0.5) is 39.8 Å². The molecule has 5 heterocycles. The molecular weight excluding hydrogens is 1200 g/mol. The van der Waals surface area contributed by atoms with Gasteiger partial charge in [-0.2, -0.15) is 5.26 Å². The molecule has 0 fully saturated rings. The number of anilines is 6. The highest BCUT2D eigenvalue weighted by Gasteiger charge is 2.44. The highest BCUT2D eigenvalue weighted by Crippen LogP contribution is 2.48. The van der Waals surface area contributed by atoms with Crippen molar-refractivity contribution in [2.45, 2.75) is 0 Å². The summed E-state index contributed by atoms with van der Waals surface area (Å²) in [6.07, 6.45) is 0. The Bertz CT molecular complexity index is 5660. The minimum absolute atomic E-state index is 0.231. The number of benzene rings is 13. The zero-order valence-electron chi connectivity index (χ0n) is 52.5. The second kappa shape index (κ2) is 23.7. The van der Waals surface area contributed by atoms with Crippen molar-refractivity contribution in [3.63, 3.8) is 0 Å². The fourth-order valence-electron chi connectivity index (χ4n) is 14.2. The SMILES string of the molecule is [C-]#[N+]c1ccc2c(c1)N(c1ccccc1)c1cc(-c3ccc4c(c3)c3ccc(-c5ccccc5)cc3n4-c3ccc(-c4nc(-c5ccccc5)nc(-c5ccccc5)n4)cc3-c3nc(-c4ccccc4)nc(-c4ccccc4)n3)cc3c1B2c1ccc(C#N)cc1N3c1ccccc1. The van der Waals surface area contributed by atoms with Gasteiger partial charge in [-0.25, -0.2) is 34.7 Å². The van der Waals surface area contributed by atoms with Crippen LogP contribution in [-0.4, -0.2) is 41.2 Å². The summed E-state index contributed by atoms with van der Waals surface area (Å²) in [5.41, 5.74) is 21.9. The molecule has 0 saturated heterocycles. The van der Waals surface area contributed by atoms with Gasteiger partial charge < -0.3 is 14.4 Å². The van der Waals surface area contributed by atoms with Crippen LogP contribution in [0.5, 0.6) is 0 Å². The van der Waals surface area contributed by atoms with Gasteiger partial charge in [-0.1, -0.05) is 224 Å². The Hall–Kier alpha value is -13.7. The summed E-state index contributed by atoms with van der Waals surface area (Å²) < 4.78 is 2.36. The third kappa shape index (κ3) is 9.83. The predicted molar refractivity (Wildman–Crippen MR) is 396 cm³/mol. The van der Waals surface area contributed by atoms with Crippen LogP contribution >= 0.6 is 0 Å². The molecule has 2 aliphatic rings. The second-order valence-corrected chi connectivity index (χ2v) is 24.4. The van der Waals surface area contributed by atoms with E-state index >= 15 is 0 Å². The third-order valence-electron chi connectivity index (χ3n) is 18.7. The Morgan fingerprint density at radius 1 is 0.316 bits per heavy atom. The maximum absolute atomic E-state index is 10.6. The standard InChI is InChI=1S/C86H52BN11/c1-89-65-41-44-72-77(53-65)97(67-35-21-8-22-36-67)79-52-64(51-78-80(79)87(72)71-43-37-55(54-88)47-76(71)96(78)66-33-19-7-20-34-66)61-39-45-73-69(48-61)68-42-38-62(56-23-9-2-10-24-56)50-75(68)98(73)74-46-40-63(85-92-81(57-25-11-3-12-26-57)90-82(93-85)58-27-13-4-14-28-58)49-70(74)86-94-83(59-29-15-5-16-30-59)91-84(95-86)60-31-17-6-18-32-60/h2-53H. The van der Waals surface area contributed by atoms with Crippen molar-refractivity contribution in [3.8, 4) is 102 Å². The second-order valence-electron chi connectivity index (χ2n) is 24.4. The van der Waals surface area contributed by atoms with Crippen LogP contribution in [0.2, 0.25) is 0 Å². The van der Waals surface area contributed by atoms with E-state index in [4.69, 9.17) is 36.5 Å². The molecule has 3 aromatic heterocycles. The van der Waals surface area contributed by atoms with Gasteiger partial charge in [-0.05, 0) is 130 Å². The molecule has 0 amide bonds. The summed E-state index contributed by atoms with van der Waals surface area (Å²) in [4.78, 5) is 40.3. The molecule has 98 heavy (non-hydrogen) atoms. The molecule has 0 bridgehead atoms. The molecule has 0 N–H and O–H groups in total.